The number of hydrogen-bond donors (Lipinski definition) is 5. The summed E-state index contributed by atoms with van der Waals surface area (Å²) in [6, 6.07) is 8.16. The van der Waals surface area contributed by atoms with Gasteiger partial charge in [-0.25, -0.2) is 4.79 Å². The van der Waals surface area contributed by atoms with Gasteiger partial charge in [-0.3, -0.25) is 4.79 Å². The number of aliphatic hydroxyl groups excluding tert-OH is 3. The van der Waals surface area contributed by atoms with E-state index in [-0.39, 0.29) is 16.7 Å². The van der Waals surface area contributed by atoms with E-state index in [2.05, 4.69) is 11.4 Å². The van der Waals surface area contributed by atoms with Gasteiger partial charge in [-0.1, -0.05) is 17.7 Å². The molecule has 0 spiro atoms. The van der Waals surface area contributed by atoms with Crippen molar-refractivity contribution in [3.63, 3.8) is 0 Å². The molecule has 10 nitrogen and oxygen atoms in total. The normalized spacial score (nSPS) is 21.9. The van der Waals surface area contributed by atoms with Crippen molar-refractivity contribution in [2.24, 2.45) is 5.92 Å². The Hall–Kier alpha value is -3.70. The molecule has 2 heterocycles. The van der Waals surface area contributed by atoms with Gasteiger partial charge in [0.05, 0.1) is 23.7 Å². The molecule has 0 radical (unpaired) electrons. The Bertz CT molecular complexity index is 1550. The molecule has 1 aromatic heterocycles. The summed E-state index contributed by atoms with van der Waals surface area (Å²) in [5.74, 6) is -1.60. The Morgan fingerprint density at radius 2 is 1.83 bits per heavy atom. The fourth-order valence-electron chi connectivity index (χ4n) is 4.95. The quantitative estimate of drug-likeness (QED) is 0.212. The monoisotopic (exact) mass is 567 g/mol. The van der Waals surface area contributed by atoms with Crippen molar-refractivity contribution in [1.82, 2.24) is 0 Å². The maximum absolute atomic E-state index is 13.0. The number of carbonyl (C=O) groups is 1. The van der Waals surface area contributed by atoms with Gasteiger partial charge in [0.15, 0.2) is 11.4 Å². The first kappa shape index (κ1) is 30.3. The lowest BCUT2D eigenvalue weighted by molar-refractivity contribution is -0.292. The average molecular weight is 568 g/mol. The van der Waals surface area contributed by atoms with Crippen LogP contribution >= 0.6 is 0 Å². The number of aromatic hydroxyl groups is 1. The molecule has 0 unspecified atom stereocenters. The summed E-state index contributed by atoms with van der Waals surface area (Å²) < 4.78 is 17.2. The third kappa shape index (κ3) is 6.01. The van der Waals surface area contributed by atoms with Crippen LogP contribution in [0, 0.1) is 19.8 Å². The molecule has 10 heteroatoms. The number of amides is 1. The first-order valence-electron chi connectivity index (χ1n) is 13.4. The third-order valence-corrected chi connectivity index (χ3v) is 7.62. The van der Waals surface area contributed by atoms with Crippen LogP contribution in [0.4, 0.5) is 5.69 Å². The number of nitrogens with one attached hydrogen (secondary N) is 1. The zero-order chi connectivity index (χ0) is 30.2. The molecule has 4 rings (SSSR count). The number of hydrogen-bond acceptors (Lipinski definition) is 9. The summed E-state index contributed by atoms with van der Waals surface area (Å²) in [6.45, 7) is 10.5. The van der Waals surface area contributed by atoms with Crippen LogP contribution in [0.2, 0.25) is 0 Å². The first-order valence-corrected chi connectivity index (χ1v) is 13.4. The van der Waals surface area contributed by atoms with Crippen molar-refractivity contribution < 1.29 is 39.1 Å². The number of allylic oxidation sites excluding steroid dienone is 2. The lowest BCUT2D eigenvalue weighted by Crippen LogP contribution is -2.61. The summed E-state index contributed by atoms with van der Waals surface area (Å²) in [5.41, 5.74) is 1.44. The third-order valence-electron chi connectivity index (χ3n) is 7.62. The molecule has 1 saturated heterocycles. The Labute approximate surface area is 237 Å². The zero-order valence-electron chi connectivity index (χ0n) is 24.0. The Morgan fingerprint density at radius 1 is 1.12 bits per heavy atom. The van der Waals surface area contributed by atoms with E-state index in [1.165, 1.54) is 12.1 Å². The molecular formula is C31H37NO9. The second-order valence-corrected chi connectivity index (χ2v) is 11.2. The fourth-order valence-corrected chi connectivity index (χ4v) is 4.95. The summed E-state index contributed by atoms with van der Waals surface area (Å²) >= 11 is 0. The van der Waals surface area contributed by atoms with Crippen LogP contribution in [0.5, 0.6) is 11.5 Å². The largest absolute Gasteiger partial charge is 0.505 e. The molecule has 0 bridgehead atoms. The number of benzene rings is 2. The Morgan fingerprint density at radius 3 is 2.49 bits per heavy atom. The van der Waals surface area contributed by atoms with Crippen molar-refractivity contribution in [2.75, 3.05) is 11.9 Å². The molecule has 1 aliphatic heterocycles. The summed E-state index contributed by atoms with van der Waals surface area (Å²) in [6.07, 6.45) is -1.33. The topological polar surface area (TPSA) is 159 Å². The van der Waals surface area contributed by atoms with Crippen molar-refractivity contribution in [3.05, 3.63) is 74.7 Å². The number of aryl methyl sites for hydroxylation is 2. The van der Waals surface area contributed by atoms with Gasteiger partial charge in [-0.2, -0.15) is 0 Å². The molecule has 1 amide bonds. The molecule has 3 aromatic rings. The fraction of sp³-hybridized carbons (Fsp3) is 0.419. The van der Waals surface area contributed by atoms with Crippen molar-refractivity contribution in [3.8, 4) is 11.5 Å². The number of aliphatic hydroxyl groups is 3. The molecular weight excluding hydrogens is 530 g/mol. The predicted octanol–water partition coefficient (Wildman–Crippen LogP) is 3.72. The van der Waals surface area contributed by atoms with E-state index in [1.807, 2.05) is 26.8 Å². The van der Waals surface area contributed by atoms with E-state index >= 15 is 0 Å². The van der Waals surface area contributed by atoms with Crippen LogP contribution in [-0.4, -0.2) is 57.0 Å². The van der Waals surface area contributed by atoms with Crippen LogP contribution < -0.4 is 15.7 Å². The number of rotatable bonds is 7. The zero-order valence-corrected chi connectivity index (χ0v) is 24.0. The minimum absolute atomic E-state index is 0.0145. The lowest BCUT2D eigenvalue weighted by Gasteiger charge is -2.46. The predicted molar refractivity (Wildman–Crippen MR) is 153 cm³/mol. The van der Waals surface area contributed by atoms with Crippen molar-refractivity contribution in [2.45, 2.75) is 72.1 Å². The molecule has 4 atom stereocenters. The standard InChI is InChI=1S/C31H37NO9/c1-15(2)7-9-18-13-19(10-8-16(18)3)28(37)32-23-24(34)20-11-12-22(17(4)27(20)40-29(23)38)39-30-26(36)25(35)21(14-33)31(5,6)41-30/h7-8,10-13,21,25-26,30,33-36H,9,14H2,1-6H3,(H,32,37)/t21-,25-,26-,30-/m1/s1. The lowest BCUT2D eigenvalue weighted by atomic mass is 9.81. The number of fused-ring (bicyclic) bond motifs is 1. The van der Waals surface area contributed by atoms with Gasteiger partial charge >= 0.3 is 5.63 Å². The van der Waals surface area contributed by atoms with Gasteiger partial charge in [-0.05, 0) is 83.4 Å². The van der Waals surface area contributed by atoms with Crippen molar-refractivity contribution in [1.29, 1.82) is 0 Å². The highest BCUT2D eigenvalue weighted by atomic mass is 16.7. The first-order chi connectivity index (χ1) is 19.2. The second kappa shape index (κ2) is 11.7. The molecule has 0 saturated carbocycles. The maximum atomic E-state index is 13.0. The van der Waals surface area contributed by atoms with Crippen LogP contribution in [0.15, 0.2) is 51.2 Å². The molecule has 5 N–H and O–H groups in total. The molecule has 2 aromatic carbocycles. The highest BCUT2D eigenvalue weighted by molar-refractivity contribution is 6.06. The molecule has 1 aliphatic rings. The molecule has 1 fully saturated rings. The van der Waals surface area contributed by atoms with Gasteiger partial charge in [-0.15, -0.1) is 0 Å². The van der Waals surface area contributed by atoms with Gasteiger partial charge in [0.2, 0.25) is 6.29 Å². The van der Waals surface area contributed by atoms with Gasteiger partial charge in [0.1, 0.15) is 17.4 Å². The number of carbonyl (C=O) groups excluding carboxylic acids is 1. The minimum Gasteiger partial charge on any atom is -0.505 e. The second-order valence-electron chi connectivity index (χ2n) is 11.2. The van der Waals surface area contributed by atoms with Crippen molar-refractivity contribution >= 4 is 22.6 Å². The number of ether oxygens (including phenoxy) is 2. The minimum atomic E-state index is -1.46. The van der Waals surface area contributed by atoms with E-state index in [4.69, 9.17) is 13.9 Å². The maximum Gasteiger partial charge on any atom is 0.364 e. The van der Waals surface area contributed by atoms with E-state index in [1.54, 1.807) is 32.9 Å². The summed E-state index contributed by atoms with van der Waals surface area (Å²) in [4.78, 5) is 26.0. The Balaban J connectivity index is 1.62. The van der Waals surface area contributed by atoms with Crippen LogP contribution in [-0.2, 0) is 11.2 Å². The van der Waals surface area contributed by atoms with Crippen LogP contribution in [0.1, 0.15) is 54.7 Å². The highest BCUT2D eigenvalue weighted by Gasteiger charge is 2.49. The van der Waals surface area contributed by atoms with Crippen LogP contribution in [0.3, 0.4) is 0 Å². The Kier molecular flexibility index (Phi) is 8.60. The summed E-state index contributed by atoms with van der Waals surface area (Å²) in [5, 5.41) is 44.3. The van der Waals surface area contributed by atoms with E-state index in [0.717, 1.165) is 16.7 Å². The SMILES string of the molecule is CC(C)=CCc1cc(C(=O)Nc2c(O)c3ccc(O[C@@H]4OC(C)(C)[C@H](CO)[C@@H](O)[C@H]4O)c(C)c3oc2=O)ccc1C. The molecule has 0 aliphatic carbocycles. The highest BCUT2D eigenvalue weighted by Crippen LogP contribution is 2.39. The molecule has 220 valence electrons. The average Bonchev–Trinajstić information content (AvgIpc) is 2.90. The van der Waals surface area contributed by atoms with E-state index < -0.39 is 59.6 Å². The van der Waals surface area contributed by atoms with E-state index in [0.29, 0.717) is 17.5 Å². The summed E-state index contributed by atoms with van der Waals surface area (Å²) in [7, 11) is 0. The van der Waals surface area contributed by atoms with Gasteiger partial charge < -0.3 is 39.6 Å². The van der Waals surface area contributed by atoms with Gasteiger partial charge in [0.25, 0.3) is 5.91 Å². The smallest absolute Gasteiger partial charge is 0.364 e. The molecule has 41 heavy (non-hydrogen) atoms. The van der Waals surface area contributed by atoms with Gasteiger partial charge in [0, 0.05) is 17.0 Å². The number of anilines is 1. The van der Waals surface area contributed by atoms with Crippen LogP contribution in [0.25, 0.3) is 11.0 Å². The van der Waals surface area contributed by atoms with E-state index in [9.17, 15) is 30.0 Å².